The van der Waals surface area contributed by atoms with Gasteiger partial charge in [-0.2, -0.15) is 17.2 Å². The summed E-state index contributed by atoms with van der Waals surface area (Å²) in [5, 5.41) is 0. The fourth-order valence-corrected chi connectivity index (χ4v) is 2.35. The number of esters is 1. The average Bonchev–Trinajstić information content (AvgIpc) is 2.38. The second-order valence-electron chi connectivity index (χ2n) is 4.12. The third-order valence-electron chi connectivity index (χ3n) is 2.25. The molecule has 0 radical (unpaired) electrons. The van der Waals surface area contributed by atoms with E-state index in [-0.39, 0.29) is 0 Å². The molecule has 0 amide bonds. The minimum absolute atomic E-state index is 0.643. The molecule has 0 N–H and O–H groups in total. The van der Waals surface area contributed by atoms with Crippen LogP contribution >= 0.6 is 0 Å². The highest BCUT2D eigenvalue weighted by molar-refractivity contribution is 7.86. The number of hydrogen-bond acceptors (Lipinski definition) is 8. The smallest absolute Gasteiger partial charge is 0.313 e. The molecular formula is C10H7F4O8S2-. The maximum Gasteiger partial charge on any atom is 0.313 e. The third-order valence-corrected chi connectivity index (χ3v) is 3.71. The van der Waals surface area contributed by atoms with Crippen molar-refractivity contribution in [1.82, 2.24) is 0 Å². The summed E-state index contributed by atoms with van der Waals surface area (Å²) < 4.78 is 115. The van der Waals surface area contributed by atoms with Crippen LogP contribution < -0.4 is 4.74 Å². The van der Waals surface area contributed by atoms with Gasteiger partial charge in [-0.25, -0.2) is 17.2 Å². The summed E-state index contributed by atoms with van der Waals surface area (Å²) in [5.41, 5.74) is 0. The van der Waals surface area contributed by atoms with E-state index in [0.717, 1.165) is 0 Å². The van der Waals surface area contributed by atoms with Crippen LogP contribution in [-0.2, 0) is 29.2 Å². The first-order valence-corrected chi connectivity index (χ1v) is 8.85. The molecule has 0 aliphatic carbocycles. The van der Waals surface area contributed by atoms with Crippen LogP contribution in [0, 0.1) is 23.3 Å². The van der Waals surface area contributed by atoms with Gasteiger partial charge in [0, 0.05) is 0 Å². The second-order valence-corrected chi connectivity index (χ2v) is 7.08. The fourth-order valence-electron chi connectivity index (χ4n) is 1.34. The van der Waals surface area contributed by atoms with Gasteiger partial charge in [0.25, 0.3) is 10.1 Å². The number of hydrogen-bond donors (Lipinski definition) is 0. The number of halogens is 4. The molecule has 1 aromatic carbocycles. The van der Waals surface area contributed by atoms with Gasteiger partial charge < -0.3 is 9.29 Å². The van der Waals surface area contributed by atoms with Gasteiger partial charge in [0.2, 0.25) is 17.4 Å². The van der Waals surface area contributed by atoms with E-state index in [1.54, 1.807) is 0 Å². The highest BCUT2D eigenvalue weighted by Crippen LogP contribution is 2.32. The van der Waals surface area contributed by atoms with E-state index in [4.69, 9.17) is 0 Å². The lowest BCUT2D eigenvalue weighted by molar-refractivity contribution is -0.135. The summed E-state index contributed by atoms with van der Waals surface area (Å²) in [5.74, 6) is -13.5. The Kier molecular flexibility index (Phi) is 5.91. The van der Waals surface area contributed by atoms with Crippen molar-refractivity contribution in [2.24, 2.45) is 0 Å². The maximum atomic E-state index is 13.5. The van der Waals surface area contributed by atoms with Crippen LogP contribution in [0.5, 0.6) is 5.75 Å². The molecule has 0 aliphatic heterocycles. The third kappa shape index (κ3) is 4.86. The van der Waals surface area contributed by atoms with Crippen molar-refractivity contribution in [3.63, 3.8) is 0 Å². The summed E-state index contributed by atoms with van der Waals surface area (Å²) in [4.78, 5) is 8.85. The molecule has 0 heterocycles. The predicted octanol–water partition coefficient (Wildman–Crippen LogP) is 0.419. The van der Waals surface area contributed by atoms with Crippen molar-refractivity contribution in [2.45, 2.75) is 11.3 Å². The number of ether oxygens (including phenoxy) is 1. The van der Waals surface area contributed by atoms with Crippen molar-refractivity contribution >= 4 is 26.2 Å². The molecular weight excluding hydrogens is 388 g/mol. The van der Waals surface area contributed by atoms with Gasteiger partial charge in [-0.3, -0.25) is 8.98 Å². The van der Waals surface area contributed by atoms with Gasteiger partial charge in [0.05, 0.1) is 19.3 Å². The molecule has 0 saturated carbocycles. The van der Waals surface area contributed by atoms with Crippen molar-refractivity contribution < 1.29 is 52.7 Å². The first-order chi connectivity index (χ1) is 10.8. The van der Waals surface area contributed by atoms with Crippen molar-refractivity contribution in [3.05, 3.63) is 23.3 Å². The fraction of sp³-hybridized carbons (Fsp3) is 0.300. The Hall–Kier alpha value is -1.77. The molecule has 0 fully saturated rings. The van der Waals surface area contributed by atoms with Crippen LogP contribution in [0.4, 0.5) is 17.6 Å². The average molecular weight is 395 g/mol. The minimum atomic E-state index is -5.89. The number of carbonyl (C=O) groups is 1. The molecule has 1 rings (SSSR count). The van der Waals surface area contributed by atoms with Gasteiger partial charge in [0.1, 0.15) is 15.0 Å². The van der Waals surface area contributed by atoms with Gasteiger partial charge in [0.15, 0.2) is 11.6 Å². The highest BCUT2D eigenvalue weighted by Gasteiger charge is 2.31. The van der Waals surface area contributed by atoms with Crippen LogP contribution in [0.15, 0.2) is 4.90 Å². The summed E-state index contributed by atoms with van der Waals surface area (Å²) in [6.45, 7) is -0.793. The molecule has 0 aliphatic rings. The Morgan fingerprint density at radius 3 is 1.83 bits per heavy atom. The van der Waals surface area contributed by atoms with E-state index in [1.165, 1.54) is 0 Å². The molecule has 0 saturated heterocycles. The standard InChI is InChI=1S/C10H8F4O8S2/c1-23(16,17)21-3-2-4(15)22-9-5(11)7(13)10(24(18,19)20)8(14)6(9)12/h2-3H2,1H3,(H,18,19,20)/p-1. The van der Waals surface area contributed by atoms with Crippen molar-refractivity contribution in [3.8, 4) is 5.75 Å². The lowest BCUT2D eigenvalue weighted by Crippen LogP contribution is -2.17. The molecule has 0 bridgehead atoms. The Bertz CT molecular complexity index is 850. The summed E-state index contributed by atoms with van der Waals surface area (Å²) in [6.07, 6.45) is -0.235. The molecule has 24 heavy (non-hydrogen) atoms. The monoisotopic (exact) mass is 395 g/mol. The minimum Gasteiger partial charge on any atom is -0.744 e. The van der Waals surface area contributed by atoms with Crippen LogP contribution in [0.3, 0.4) is 0 Å². The van der Waals surface area contributed by atoms with Gasteiger partial charge in [-0.15, -0.1) is 0 Å². The molecule has 0 spiro atoms. The first-order valence-electron chi connectivity index (χ1n) is 5.62. The lowest BCUT2D eigenvalue weighted by atomic mass is 10.3. The topological polar surface area (TPSA) is 127 Å². The van der Waals surface area contributed by atoms with Gasteiger partial charge in [-0.05, 0) is 0 Å². The highest BCUT2D eigenvalue weighted by atomic mass is 32.2. The van der Waals surface area contributed by atoms with Crippen LogP contribution in [0.25, 0.3) is 0 Å². The van der Waals surface area contributed by atoms with Crippen molar-refractivity contribution in [2.75, 3.05) is 12.9 Å². The quantitative estimate of drug-likeness (QED) is 0.169. The summed E-state index contributed by atoms with van der Waals surface area (Å²) in [7, 11) is -9.81. The largest absolute Gasteiger partial charge is 0.744 e. The zero-order valence-electron chi connectivity index (χ0n) is 11.5. The summed E-state index contributed by atoms with van der Waals surface area (Å²) in [6, 6.07) is 0. The van der Waals surface area contributed by atoms with Gasteiger partial charge in [-0.1, -0.05) is 0 Å². The Labute approximate surface area is 132 Å². The molecule has 14 heteroatoms. The maximum absolute atomic E-state index is 13.5. The number of carbonyl (C=O) groups excluding carboxylic acids is 1. The lowest BCUT2D eigenvalue weighted by Gasteiger charge is -2.13. The van der Waals surface area contributed by atoms with E-state index < -0.39 is 73.1 Å². The number of benzene rings is 1. The predicted molar refractivity (Wildman–Crippen MR) is 65.3 cm³/mol. The molecule has 1 aromatic rings. The Morgan fingerprint density at radius 2 is 1.46 bits per heavy atom. The summed E-state index contributed by atoms with van der Waals surface area (Å²) >= 11 is 0. The molecule has 0 aromatic heterocycles. The zero-order chi connectivity index (χ0) is 18.9. The van der Waals surface area contributed by atoms with Gasteiger partial charge >= 0.3 is 5.97 Å². The molecule has 0 unspecified atom stereocenters. The molecule has 0 atom stereocenters. The normalized spacial score (nSPS) is 12.2. The molecule has 136 valence electrons. The van der Waals surface area contributed by atoms with E-state index >= 15 is 0 Å². The van der Waals surface area contributed by atoms with E-state index in [9.17, 15) is 43.7 Å². The van der Waals surface area contributed by atoms with E-state index in [2.05, 4.69) is 8.92 Å². The number of rotatable bonds is 6. The van der Waals surface area contributed by atoms with E-state index in [0.29, 0.717) is 6.26 Å². The Balaban J connectivity index is 3.13. The van der Waals surface area contributed by atoms with Crippen LogP contribution in [-0.4, -0.2) is 40.2 Å². The molecule has 8 nitrogen and oxygen atoms in total. The van der Waals surface area contributed by atoms with E-state index in [1.807, 2.05) is 0 Å². The zero-order valence-corrected chi connectivity index (χ0v) is 13.1. The van der Waals surface area contributed by atoms with Crippen LogP contribution in [0.2, 0.25) is 0 Å². The first kappa shape index (κ1) is 20.3. The Morgan fingerprint density at radius 1 is 1.00 bits per heavy atom. The SMILES string of the molecule is CS(=O)(=O)OCCC(=O)Oc1c(F)c(F)c(S(=O)(=O)[O-])c(F)c1F. The van der Waals surface area contributed by atoms with Crippen molar-refractivity contribution in [1.29, 1.82) is 0 Å². The van der Waals surface area contributed by atoms with Crippen LogP contribution in [0.1, 0.15) is 6.42 Å². The second kappa shape index (κ2) is 7.00.